The molecule has 1 heterocycles. The Morgan fingerprint density at radius 2 is 2.27 bits per heavy atom. The zero-order valence-corrected chi connectivity index (χ0v) is 7.55. The SMILES string of the molecule is CC(C)[C@H]1OCCC[C@@H]1CN. The van der Waals surface area contributed by atoms with Gasteiger partial charge in [0.05, 0.1) is 6.10 Å². The third-order valence-corrected chi connectivity index (χ3v) is 2.45. The third kappa shape index (κ3) is 2.17. The lowest BCUT2D eigenvalue weighted by Gasteiger charge is -2.33. The summed E-state index contributed by atoms with van der Waals surface area (Å²) in [6, 6.07) is 0. The predicted molar refractivity (Wildman–Crippen MR) is 46.4 cm³/mol. The first-order valence-corrected chi connectivity index (χ1v) is 4.57. The highest BCUT2D eigenvalue weighted by molar-refractivity contribution is 4.77. The molecule has 0 spiro atoms. The largest absolute Gasteiger partial charge is 0.378 e. The fraction of sp³-hybridized carbons (Fsp3) is 1.00. The van der Waals surface area contributed by atoms with Crippen LogP contribution in [-0.4, -0.2) is 19.3 Å². The Bertz CT molecular complexity index is 114. The molecule has 1 aliphatic rings. The van der Waals surface area contributed by atoms with Crippen LogP contribution < -0.4 is 5.73 Å². The summed E-state index contributed by atoms with van der Waals surface area (Å²) in [7, 11) is 0. The number of rotatable bonds is 2. The lowest BCUT2D eigenvalue weighted by Crippen LogP contribution is -2.37. The molecule has 0 aliphatic carbocycles. The summed E-state index contributed by atoms with van der Waals surface area (Å²) in [6.45, 7) is 6.12. The summed E-state index contributed by atoms with van der Waals surface area (Å²) >= 11 is 0. The van der Waals surface area contributed by atoms with E-state index in [1.165, 1.54) is 12.8 Å². The molecule has 1 saturated heterocycles. The summed E-state index contributed by atoms with van der Waals surface area (Å²) in [6.07, 6.45) is 2.85. The van der Waals surface area contributed by atoms with E-state index < -0.39 is 0 Å². The second-order valence-electron chi connectivity index (χ2n) is 3.72. The van der Waals surface area contributed by atoms with Crippen LogP contribution >= 0.6 is 0 Å². The molecule has 1 aliphatic heterocycles. The van der Waals surface area contributed by atoms with Crippen LogP contribution in [0.25, 0.3) is 0 Å². The smallest absolute Gasteiger partial charge is 0.0638 e. The van der Waals surface area contributed by atoms with E-state index in [9.17, 15) is 0 Å². The quantitative estimate of drug-likeness (QED) is 0.657. The first-order chi connectivity index (χ1) is 5.25. The Kier molecular flexibility index (Phi) is 3.34. The van der Waals surface area contributed by atoms with Gasteiger partial charge < -0.3 is 10.5 Å². The highest BCUT2D eigenvalue weighted by atomic mass is 16.5. The van der Waals surface area contributed by atoms with Gasteiger partial charge in [0, 0.05) is 6.61 Å². The van der Waals surface area contributed by atoms with Crippen molar-refractivity contribution in [2.45, 2.75) is 32.8 Å². The Morgan fingerprint density at radius 3 is 2.73 bits per heavy atom. The minimum Gasteiger partial charge on any atom is -0.378 e. The minimum absolute atomic E-state index is 0.411. The van der Waals surface area contributed by atoms with E-state index in [1.54, 1.807) is 0 Å². The molecule has 0 radical (unpaired) electrons. The standard InChI is InChI=1S/C9H19NO/c1-7(2)9-8(6-10)4-3-5-11-9/h7-9H,3-6,10H2,1-2H3/t8-,9-/m1/s1. The lowest BCUT2D eigenvalue weighted by atomic mass is 9.88. The van der Waals surface area contributed by atoms with Crippen molar-refractivity contribution in [3.8, 4) is 0 Å². The third-order valence-electron chi connectivity index (χ3n) is 2.45. The predicted octanol–water partition coefficient (Wildman–Crippen LogP) is 1.40. The number of hydrogen-bond donors (Lipinski definition) is 1. The van der Waals surface area contributed by atoms with Crippen molar-refractivity contribution in [3.63, 3.8) is 0 Å². The van der Waals surface area contributed by atoms with Gasteiger partial charge in [0.1, 0.15) is 0 Å². The van der Waals surface area contributed by atoms with Crippen molar-refractivity contribution in [1.29, 1.82) is 0 Å². The summed E-state index contributed by atoms with van der Waals surface area (Å²) in [4.78, 5) is 0. The van der Waals surface area contributed by atoms with Gasteiger partial charge in [0.2, 0.25) is 0 Å². The maximum absolute atomic E-state index is 5.66. The number of hydrogen-bond acceptors (Lipinski definition) is 2. The molecule has 0 saturated carbocycles. The number of ether oxygens (including phenoxy) is 1. The Morgan fingerprint density at radius 1 is 1.55 bits per heavy atom. The van der Waals surface area contributed by atoms with Gasteiger partial charge in [-0.1, -0.05) is 13.8 Å². The summed E-state index contributed by atoms with van der Waals surface area (Å²) in [5.74, 6) is 1.22. The molecule has 1 fully saturated rings. The topological polar surface area (TPSA) is 35.2 Å². The van der Waals surface area contributed by atoms with Crippen molar-refractivity contribution in [2.24, 2.45) is 17.6 Å². The van der Waals surface area contributed by atoms with Gasteiger partial charge in [0.25, 0.3) is 0 Å². The van der Waals surface area contributed by atoms with Crippen LogP contribution in [0.4, 0.5) is 0 Å². The van der Waals surface area contributed by atoms with Gasteiger partial charge in [0.15, 0.2) is 0 Å². The molecule has 2 nitrogen and oxygen atoms in total. The van der Waals surface area contributed by atoms with E-state index in [0.29, 0.717) is 17.9 Å². The fourth-order valence-electron chi connectivity index (χ4n) is 1.85. The average molecular weight is 157 g/mol. The van der Waals surface area contributed by atoms with Gasteiger partial charge in [-0.05, 0) is 31.2 Å². The molecule has 2 N–H and O–H groups in total. The van der Waals surface area contributed by atoms with Crippen molar-refractivity contribution >= 4 is 0 Å². The molecule has 0 aromatic carbocycles. The molecule has 0 amide bonds. The van der Waals surface area contributed by atoms with E-state index in [0.717, 1.165) is 13.2 Å². The molecule has 0 aromatic rings. The van der Waals surface area contributed by atoms with Crippen LogP contribution in [0.2, 0.25) is 0 Å². The molecule has 2 atom stereocenters. The maximum atomic E-state index is 5.66. The Labute approximate surface area is 69.1 Å². The van der Waals surface area contributed by atoms with Crippen LogP contribution in [0.5, 0.6) is 0 Å². The van der Waals surface area contributed by atoms with E-state index in [-0.39, 0.29) is 0 Å². The van der Waals surface area contributed by atoms with Crippen molar-refractivity contribution < 1.29 is 4.74 Å². The van der Waals surface area contributed by atoms with E-state index >= 15 is 0 Å². The molecule has 2 heteroatoms. The normalized spacial score (nSPS) is 32.7. The Balaban J connectivity index is 2.44. The zero-order valence-electron chi connectivity index (χ0n) is 7.55. The first kappa shape index (κ1) is 9.01. The van der Waals surface area contributed by atoms with Crippen LogP contribution in [0.3, 0.4) is 0 Å². The van der Waals surface area contributed by atoms with Crippen molar-refractivity contribution in [3.05, 3.63) is 0 Å². The van der Waals surface area contributed by atoms with Gasteiger partial charge in [-0.2, -0.15) is 0 Å². The van der Waals surface area contributed by atoms with Crippen LogP contribution in [0.15, 0.2) is 0 Å². The van der Waals surface area contributed by atoms with Gasteiger partial charge in [-0.3, -0.25) is 0 Å². The van der Waals surface area contributed by atoms with Crippen molar-refractivity contribution in [2.75, 3.05) is 13.2 Å². The maximum Gasteiger partial charge on any atom is 0.0638 e. The minimum atomic E-state index is 0.411. The summed E-state index contributed by atoms with van der Waals surface area (Å²) in [5.41, 5.74) is 5.65. The van der Waals surface area contributed by atoms with Crippen LogP contribution in [0, 0.1) is 11.8 Å². The summed E-state index contributed by atoms with van der Waals surface area (Å²) in [5, 5.41) is 0. The van der Waals surface area contributed by atoms with E-state index in [1.807, 2.05) is 0 Å². The molecule has 1 rings (SSSR count). The van der Waals surface area contributed by atoms with E-state index in [4.69, 9.17) is 10.5 Å². The molecule has 66 valence electrons. The zero-order chi connectivity index (χ0) is 8.27. The van der Waals surface area contributed by atoms with Crippen LogP contribution in [-0.2, 0) is 4.74 Å². The summed E-state index contributed by atoms with van der Waals surface area (Å²) < 4.78 is 5.66. The highest BCUT2D eigenvalue weighted by Crippen LogP contribution is 2.24. The van der Waals surface area contributed by atoms with Crippen molar-refractivity contribution in [1.82, 2.24) is 0 Å². The molecule has 11 heavy (non-hydrogen) atoms. The average Bonchev–Trinajstić information content (AvgIpc) is 2.04. The molecule has 0 unspecified atom stereocenters. The van der Waals surface area contributed by atoms with Gasteiger partial charge in [-0.25, -0.2) is 0 Å². The van der Waals surface area contributed by atoms with Gasteiger partial charge in [-0.15, -0.1) is 0 Å². The highest BCUT2D eigenvalue weighted by Gasteiger charge is 2.26. The number of nitrogens with two attached hydrogens (primary N) is 1. The molecular weight excluding hydrogens is 138 g/mol. The first-order valence-electron chi connectivity index (χ1n) is 4.57. The van der Waals surface area contributed by atoms with Crippen LogP contribution in [0.1, 0.15) is 26.7 Å². The molecular formula is C9H19NO. The Hall–Kier alpha value is -0.0800. The lowest BCUT2D eigenvalue weighted by molar-refractivity contribution is -0.0492. The monoisotopic (exact) mass is 157 g/mol. The van der Waals surface area contributed by atoms with E-state index in [2.05, 4.69) is 13.8 Å². The van der Waals surface area contributed by atoms with Gasteiger partial charge >= 0.3 is 0 Å². The molecule has 0 bridgehead atoms. The fourth-order valence-corrected chi connectivity index (χ4v) is 1.85. The molecule has 0 aromatic heterocycles. The second-order valence-corrected chi connectivity index (χ2v) is 3.72. The second kappa shape index (κ2) is 4.07.